The van der Waals surface area contributed by atoms with Crippen molar-refractivity contribution in [2.45, 2.75) is 110 Å². The summed E-state index contributed by atoms with van der Waals surface area (Å²) in [5.41, 5.74) is 0.0349. The highest BCUT2D eigenvalue weighted by Gasteiger charge is 2.68. The molecule has 0 radical (unpaired) electrons. The standard InChI is InChI=1S/C12H14F4N2.C12H15F3N2.CH4/c1-5(2)18-10-8(9(17-18)11(3,13)14)6-4-7(6)12(10,15)16;1-5(2)17-11-9(10(16-17)6(3)13)7-4-8(7)12(11,14)15;/h5-7H,4H2,1-3H3;5-8H,4H2,1-3H3;1H4/t6-,7+;6?,7-,8+;/m00./s1. The second-order valence-corrected chi connectivity index (χ2v) is 11.0. The summed E-state index contributed by atoms with van der Waals surface area (Å²) in [6.07, 6.45) is -0.505. The molecule has 2 aromatic heterocycles. The summed E-state index contributed by atoms with van der Waals surface area (Å²) in [5.74, 6) is -11.0. The van der Waals surface area contributed by atoms with E-state index < -0.39 is 47.4 Å². The first-order valence-corrected chi connectivity index (χ1v) is 12.0. The van der Waals surface area contributed by atoms with Gasteiger partial charge in [-0.1, -0.05) is 7.43 Å². The zero-order valence-electron chi connectivity index (χ0n) is 20.4. The van der Waals surface area contributed by atoms with Gasteiger partial charge in [-0.2, -0.15) is 36.5 Å². The number of fused-ring (bicyclic) bond motifs is 6. The molecule has 0 amide bonds. The Morgan fingerprint density at radius 2 is 1.22 bits per heavy atom. The average Bonchev–Trinajstić information content (AvgIpc) is 3.56. The first kappa shape index (κ1) is 27.0. The van der Waals surface area contributed by atoms with Gasteiger partial charge in [0.15, 0.2) is 0 Å². The third-order valence-electron chi connectivity index (χ3n) is 7.58. The van der Waals surface area contributed by atoms with E-state index in [1.807, 2.05) is 0 Å². The molecule has 0 saturated heterocycles. The van der Waals surface area contributed by atoms with Gasteiger partial charge in [0.2, 0.25) is 0 Å². The van der Waals surface area contributed by atoms with Crippen molar-refractivity contribution < 1.29 is 30.7 Å². The van der Waals surface area contributed by atoms with E-state index in [9.17, 15) is 30.7 Å². The fourth-order valence-corrected chi connectivity index (χ4v) is 5.84. The SMILES string of the molecule is C.CC(C)n1nc(C(C)(F)F)c2c1C(F)(F)[C@@H]1C[C@H]21.CC(F)c1nn(C(C)C)c2c1[C@H]1C[C@H]1C2(F)F. The van der Waals surface area contributed by atoms with Crippen LogP contribution in [-0.2, 0) is 17.8 Å². The number of hydrogen-bond acceptors (Lipinski definition) is 2. The maximum Gasteiger partial charge on any atom is 0.293 e. The molecular weight excluding hydrogens is 489 g/mol. The van der Waals surface area contributed by atoms with E-state index in [4.69, 9.17) is 0 Å². The van der Waals surface area contributed by atoms with Crippen molar-refractivity contribution in [2.24, 2.45) is 11.8 Å². The Kier molecular flexibility index (Phi) is 5.97. The Hall–Kier alpha value is -2.07. The lowest BCUT2D eigenvalue weighted by Gasteiger charge is -2.17. The minimum Gasteiger partial charge on any atom is -0.260 e. The fraction of sp³-hybridized carbons (Fsp3) is 0.760. The van der Waals surface area contributed by atoms with Crippen LogP contribution in [-0.4, -0.2) is 19.6 Å². The van der Waals surface area contributed by atoms with Crippen LogP contribution in [0.4, 0.5) is 30.7 Å². The van der Waals surface area contributed by atoms with Gasteiger partial charge in [0.25, 0.3) is 17.8 Å². The highest BCUT2D eigenvalue weighted by Crippen LogP contribution is 2.69. The van der Waals surface area contributed by atoms with E-state index in [0.717, 1.165) is 4.68 Å². The van der Waals surface area contributed by atoms with Crippen molar-refractivity contribution in [1.82, 2.24) is 19.6 Å². The molecule has 5 atom stereocenters. The van der Waals surface area contributed by atoms with Crippen molar-refractivity contribution in [2.75, 3.05) is 0 Å². The van der Waals surface area contributed by atoms with E-state index in [0.29, 0.717) is 25.3 Å². The molecule has 0 aromatic carbocycles. The first-order chi connectivity index (χ1) is 16.0. The van der Waals surface area contributed by atoms with Crippen molar-refractivity contribution in [1.29, 1.82) is 0 Å². The topological polar surface area (TPSA) is 35.6 Å². The third-order valence-corrected chi connectivity index (χ3v) is 7.58. The Morgan fingerprint density at radius 3 is 1.64 bits per heavy atom. The molecule has 202 valence electrons. The van der Waals surface area contributed by atoms with Crippen LogP contribution in [0.2, 0.25) is 0 Å². The van der Waals surface area contributed by atoms with E-state index in [1.54, 1.807) is 27.7 Å². The minimum atomic E-state index is -3.17. The lowest BCUT2D eigenvalue weighted by atomic mass is 10.1. The zero-order valence-corrected chi connectivity index (χ0v) is 20.4. The number of alkyl halides is 7. The monoisotopic (exact) mass is 522 g/mol. The highest BCUT2D eigenvalue weighted by molar-refractivity contribution is 5.48. The molecule has 6 rings (SSSR count). The van der Waals surface area contributed by atoms with Gasteiger partial charge in [0.1, 0.15) is 28.9 Å². The molecule has 2 heterocycles. The van der Waals surface area contributed by atoms with Gasteiger partial charge >= 0.3 is 0 Å². The number of hydrogen-bond donors (Lipinski definition) is 0. The largest absolute Gasteiger partial charge is 0.293 e. The smallest absolute Gasteiger partial charge is 0.260 e. The molecular formula is C25H33F7N4. The molecule has 11 heteroatoms. The summed E-state index contributed by atoms with van der Waals surface area (Å²) in [4.78, 5) is 0. The maximum atomic E-state index is 14.1. The van der Waals surface area contributed by atoms with Crippen LogP contribution < -0.4 is 0 Å². The molecule has 2 fully saturated rings. The van der Waals surface area contributed by atoms with Gasteiger partial charge in [-0.15, -0.1) is 0 Å². The van der Waals surface area contributed by atoms with Gasteiger partial charge in [-0.3, -0.25) is 9.36 Å². The van der Waals surface area contributed by atoms with E-state index >= 15 is 0 Å². The quantitative estimate of drug-likeness (QED) is 0.380. The van der Waals surface area contributed by atoms with E-state index in [1.165, 1.54) is 11.6 Å². The van der Waals surface area contributed by atoms with Gasteiger partial charge in [0.05, 0.1) is 0 Å². The molecule has 1 unspecified atom stereocenters. The zero-order chi connectivity index (χ0) is 26.0. The molecule has 0 spiro atoms. The normalized spacial score (nSPS) is 28.5. The second-order valence-electron chi connectivity index (χ2n) is 11.0. The van der Waals surface area contributed by atoms with Gasteiger partial charge in [-0.05, 0) is 59.3 Å². The summed E-state index contributed by atoms with van der Waals surface area (Å²) < 4.78 is 99.2. The lowest BCUT2D eigenvalue weighted by Crippen LogP contribution is -2.21. The Labute approximate surface area is 206 Å². The predicted molar refractivity (Wildman–Crippen MR) is 121 cm³/mol. The average molecular weight is 523 g/mol. The number of rotatable bonds is 4. The number of aromatic nitrogens is 4. The molecule has 4 nitrogen and oxygen atoms in total. The number of nitrogens with zero attached hydrogens (tertiary/aromatic N) is 4. The highest BCUT2D eigenvalue weighted by atomic mass is 19.3. The van der Waals surface area contributed by atoms with Gasteiger partial charge < -0.3 is 0 Å². The molecule has 0 bridgehead atoms. The molecule has 0 N–H and O–H groups in total. The van der Waals surface area contributed by atoms with Crippen LogP contribution >= 0.6 is 0 Å². The van der Waals surface area contributed by atoms with Crippen molar-refractivity contribution in [3.05, 3.63) is 33.9 Å². The van der Waals surface area contributed by atoms with E-state index in [2.05, 4.69) is 10.2 Å². The van der Waals surface area contributed by atoms with Crippen LogP contribution in [0.25, 0.3) is 0 Å². The van der Waals surface area contributed by atoms with Crippen molar-refractivity contribution >= 4 is 0 Å². The van der Waals surface area contributed by atoms with Crippen molar-refractivity contribution in [3.63, 3.8) is 0 Å². The first-order valence-electron chi connectivity index (χ1n) is 12.0. The summed E-state index contributed by atoms with van der Waals surface area (Å²) in [5, 5.41) is 7.83. The van der Waals surface area contributed by atoms with Crippen LogP contribution in [0.15, 0.2) is 0 Å². The fourth-order valence-electron chi connectivity index (χ4n) is 5.84. The van der Waals surface area contributed by atoms with Crippen LogP contribution in [0.5, 0.6) is 0 Å². The Balaban J connectivity index is 0.000000165. The van der Waals surface area contributed by atoms with Gasteiger partial charge in [-0.25, -0.2) is 4.39 Å². The molecule has 2 saturated carbocycles. The minimum absolute atomic E-state index is 0. The summed E-state index contributed by atoms with van der Waals surface area (Å²) in [6.45, 7) is 9.00. The lowest BCUT2D eigenvalue weighted by molar-refractivity contribution is -0.0324. The molecule has 4 aliphatic carbocycles. The molecule has 36 heavy (non-hydrogen) atoms. The molecule has 4 aliphatic rings. The third kappa shape index (κ3) is 3.61. The summed E-state index contributed by atoms with van der Waals surface area (Å²) in [6, 6.07) is -0.516. The predicted octanol–water partition coefficient (Wildman–Crippen LogP) is 8.12. The van der Waals surface area contributed by atoms with E-state index in [-0.39, 0.29) is 48.1 Å². The molecule has 2 aromatic rings. The van der Waals surface area contributed by atoms with Crippen molar-refractivity contribution in [3.8, 4) is 0 Å². The van der Waals surface area contributed by atoms with Crippen LogP contribution in [0.1, 0.15) is 126 Å². The Bertz CT molecular complexity index is 1170. The number of halogens is 7. The van der Waals surface area contributed by atoms with Gasteiger partial charge in [0, 0.05) is 42.0 Å². The second kappa shape index (κ2) is 7.96. The Morgan fingerprint density at radius 1 is 0.806 bits per heavy atom. The maximum absolute atomic E-state index is 14.1. The summed E-state index contributed by atoms with van der Waals surface area (Å²) >= 11 is 0. The van der Waals surface area contributed by atoms with Crippen LogP contribution in [0.3, 0.4) is 0 Å². The molecule has 0 aliphatic heterocycles. The summed E-state index contributed by atoms with van der Waals surface area (Å²) in [7, 11) is 0. The van der Waals surface area contributed by atoms with Crippen LogP contribution in [0, 0.1) is 11.8 Å².